The molecule has 0 amide bonds. The van der Waals surface area contributed by atoms with E-state index in [0.717, 1.165) is 0 Å². The predicted octanol–water partition coefficient (Wildman–Crippen LogP) is 4.18. The number of nitrogen functional groups attached to an aromatic ring is 1. The Hall–Kier alpha value is -5.81. The van der Waals surface area contributed by atoms with Gasteiger partial charge in [0.15, 0.2) is 18.4 Å². The van der Waals surface area contributed by atoms with Crippen molar-refractivity contribution < 1.29 is 33.3 Å². The normalized spacial score (nSPS) is 19.1. The van der Waals surface area contributed by atoms with Crippen molar-refractivity contribution in [3.8, 4) is 0 Å². The summed E-state index contributed by atoms with van der Waals surface area (Å²) < 4.78 is 25.0. The van der Waals surface area contributed by atoms with Gasteiger partial charge in [-0.3, -0.25) is 4.57 Å². The Bertz CT molecular complexity index is 1900. The lowest BCUT2D eigenvalue weighted by atomic mass is 10.1. The Morgan fingerprint density at radius 2 is 1.18 bits per heavy atom. The number of para-hydroxylation sites is 1. The maximum absolute atomic E-state index is 13.4. The van der Waals surface area contributed by atoms with Crippen molar-refractivity contribution in [1.29, 1.82) is 0 Å². The van der Waals surface area contributed by atoms with E-state index < -0.39 is 54.7 Å². The number of hydrogen-bond donors (Lipinski definition) is 1. The van der Waals surface area contributed by atoms with Crippen LogP contribution < -0.4 is 11.4 Å². The number of anilines is 1. The molecular weight excluding hydrogens is 578 g/mol. The van der Waals surface area contributed by atoms with Gasteiger partial charge in [0.1, 0.15) is 18.5 Å². The molecule has 1 aliphatic heterocycles. The molecule has 1 aliphatic rings. The third kappa shape index (κ3) is 6.15. The third-order valence-electron chi connectivity index (χ3n) is 7.30. The highest BCUT2D eigenvalue weighted by Gasteiger charge is 2.52. The number of rotatable bonds is 8. The van der Waals surface area contributed by atoms with Gasteiger partial charge in [0.25, 0.3) is 0 Å². The minimum absolute atomic E-state index is 0.00285. The number of benzene rings is 4. The number of nitrogens with zero attached hydrogens (tertiary/aromatic N) is 2. The van der Waals surface area contributed by atoms with Crippen LogP contribution in [0, 0.1) is 0 Å². The zero-order chi connectivity index (χ0) is 31.3. The van der Waals surface area contributed by atoms with Gasteiger partial charge in [-0.05, 0) is 48.5 Å². The average Bonchev–Trinajstić information content (AvgIpc) is 3.40. The highest BCUT2D eigenvalue weighted by Crippen LogP contribution is 2.36. The van der Waals surface area contributed by atoms with Gasteiger partial charge in [0.05, 0.1) is 22.2 Å². The van der Waals surface area contributed by atoms with Gasteiger partial charge >= 0.3 is 23.6 Å². The van der Waals surface area contributed by atoms with Crippen molar-refractivity contribution in [3.05, 3.63) is 142 Å². The molecule has 0 bridgehead atoms. The number of carbonyl (C=O) groups is 3. The maximum atomic E-state index is 13.4. The lowest BCUT2D eigenvalue weighted by Gasteiger charge is -2.25. The summed E-state index contributed by atoms with van der Waals surface area (Å²) in [5.74, 6) is -2.14. The molecule has 4 aromatic carbocycles. The molecule has 45 heavy (non-hydrogen) atoms. The van der Waals surface area contributed by atoms with Crippen LogP contribution in [0.15, 0.2) is 120 Å². The summed E-state index contributed by atoms with van der Waals surface area (Å²) in [6.07, 6.45) is -5.20. The number of aromatic nitrogens is 2. The first-order valence-electron chi connectivity index (χ1n) is 14.1. The monoisotopic (exact) mass is 605 g/mol. The average molecular weight is 606 g/mol. The molecule has 1 aromatic heterocycles. The van der Waals surface area contributed by atoms with Crippen LogP contribution in [0.25, 0.3) is 10.9 Å². The van der Waals surface area contributed by atoms with Crippen molar-refractivity contribution in [3.63, 3.8) is 0 Å². The van der Waals surface area contributed by atoms with E-state index in [9.17, 15) is 19.2 Å². The second kappa shape index (κ2) is 12.8. The molecule has 4 atom stereocenters. The van der Waals surface area contributed by atoms with E-state index in [4.69, 9.17) is 24.7 Å². The topological polar surface area (TPSA) is 149 Å². The second-order valence-corrected chi connectivity index (χ2v) is 10.2. The molecule has 2 heterocycles. The van der Waals surface area contributed by atoms with Crippen molar-refractivity contribution in [2.45, 2.75) is 24.5 Å². The SMILES string of the molecule is Nc1nc(=O)n([C@@H]2O[C@H](COC(=O)c3ccccc3)[C@@H](OC(=O)c3ccccc3)[C@H]2OC(=O)c2ccccc2)c2ccccc12. The lowest BCUT2D eigenvalue weighted by Crippen LogP contribution is -2.42. The van der Waals surface area contributed by atoms with Gasteiger partial charge < -0.3 is 24.7 Å². The number of hydrogen-bond acceptors (Lipinski definition) is 10. The van der Waals surface area contributed by atoms with Crippen LogP contribution in [0.1, 0.15) is 37.3 Å². The Kier molecular flexibility index (Phi) is 8.34. The molecule has 0 radical (unpaired) electrons. The van der Waals surface area contributed by atoms with Gasteiger partial charge in [0, 0.05) is 5.39 Å². The smallest absolute Gasteiger partial charge is 0.352 e. The van der Waals surface area contributed by atoms with E-state index in [1.54, 1.807) is 115 Å². The van der Waals surface area contributed by atoms with Crippen LogP contribution in [0.5, 0.6) is 0 Å². The highest BCUT2D eigenvalue weighted by molar-refractivity contribution is 5.91. The molecule has 1 saturated heterocycles. The molecular formula is C34H27N3O8. The molecule has 11 heteroatoms. The van der Waals surface area contributed by atoms with Crippen LogP contribution in [0.4, 0.5) is 5.82 Å². The molecule has 1 fully saturated rings. The Morgan fingerprint density at radius 3 is 1.76 bits per heavy atom. The molecule has 0 saturated carbocycles. The first-order valence-corrected chi connectivity index (χ1v) is 14.1. The van der Waals surface area contributed by atoms with Gasteiger partial charge in [-0.15, -0.1) is 0 Å². The molecule has 0 spiro atoms. The minimum atomic E-state index is -1.38. The molecule has 0 aliphatic carbocycles. The lowest BCUT2D eigenvalue weighted by molar-refractivity contribution is -0.0620. The molecule has 226 valence electrons. The Balaban J connectivity index is 1.42. The summed E-state index contributed by atoms with van der Waals surface area (Å²) >= 11 is 0. The van der Waals surface area contributed by atoms with Crippen molar-refractivity contribution in [1.82, 2.24) is 9.55 Å². The second-order valence-electron chi connectivity index (χ2n) is 10.2. The van der Waals surface area contributed by atoms with Gasteiger partial charge in [-0.2, -0.15) is 4.98 Å². The summed E-state index contributed by atoms with van der Waals surface area (Å²) in [5, 5.41) is 0.450. The Labute approximate surface area is 256 Å². The summed E-state index contributed by atoms with van der Waals surface area (Å²) in [6, 6.07) is 31.5. The fourth-order valence-electron chi connectivity index (χ4n) is 5.13. The largest absolute Gasteiger partial charge is 0.459 e. The zero-order valence-corrected chi connectivity index (χ0v) is 23.7. The number of esters is 3. The summed E-state index contributed by atoms with van der Waals surface area (Å²) in [5.41, 5.74) is 6.36. The number of ether oxygens (including phenoxy) is 4. The van der Waals surface area contributed by atoms with Crippen molar-refractivity contribution >= 4 is 34.6 Å². The summed E-state index contributed by atoms with van der Waals surface area (Å²) in [7, 11) is 0. The molecule has 5 aromatic rings. The first kappa shape index (κ1) is 29.3. The molecule has 11 nitrogen and oxygen atoms in total. The fraction of sp³-hybridized carbons (Fsp3) is 0.147. The van der Waals surface area contributed by atoms with E-state index in [-0.39, 0.29) is 16.9 Å². The van der Waals surface area contributed by atoms with E-state index in [1.165, 1.54) is 4.57 Å². The molecule has 6 rings (SSSR count). The minimum Gasteiger partial charge on any atom is -0.459 e. The highest BCUT2D eigenvalue weighted by atomic mass is 16.7. The number of nitrogens with two attached hydrogens (primary N) is 1. The molecule has 0 unspecified atom stereocenters. The zero-order valence-electron chi connectivity index (χ0n) is 23.7. The maximum Gasteiger partial charge on any atom is 0.352 e. The van der Waals surface area contributed by atoms with Gasteiger partial charge in [-0.1, -0.05) is 66.7 Å². The number of carbonyl (C=O) groups excluding carboxylic acids is 3. The fourth-order valence-corrected chi connectivity index (χ4v) is 5.13. The van der Waals surface area contributed by atoms with Crippen LogP contribution in [0.2, 0.25) is 0 Å². The Morgan fingerprint density at radius 1 is 0.689 bits per heavy atom. The van der Waals surface area contributed by atoms with Crippen LogP contribution >= 0.6 is 0 Å². The predicted molar refractivity (Wildman–Crippen MR) is 162 cm³/mol. The van der Waals surface area contributed by atoms with Gasteiger partial charge in [0.2, 0.25) is 0 Å². The van der Waals surface area contributed by atoms with E-state index in [2.05, 4.69) is 4.98 Å². The molecule has 2 N–H and O–H groups in total. The standard InChI is InChI=1S/C34H27N3O8/c35-29-24-18-10-11-19-25(24)37(34(41)36-29)30-28(45-33(40)23-16-8-3-9-17-23)27(44-32(39)22-14-6-2-7-15-22)26(43-30)20-42-31(38)21-12-4-1-5-13-21/h1-19,26-28,30H,20H2,(H2,35,36,41)/t26-,27-,28-,30-/m1/s1. The van der Waals surface area contributed by atoms with Crippen LogP contribution in [-0.2, 0) is 18.9 Å². The number of fused-ring (bicyclic) bond motifs is 1. The first-order chi connectivity index (χ1) is 21.9. The van der Waals surface area contributed by atoms with E-state index in [1.807, 2.05) is 0 Å². The van der Waals surface area contributed by atoms with Crippen molar-refractivity contribution in [2.24, 2.45) is 0 Å². The van der Waals surface area contributed by atoms with E-state index in [0.29, 0.717) is 16.5 Å². The van der Waals surface area contributed by atoms with E-state index >= 15 is 0 Å². The van der Waals surface area contributed by atoms with Gasteiger partial charge in [-0.25, -0.2) is 19.2 Å². The van der Waals surface area contributed by atoms with Crippen LogP contribution in [-0.4, -0.2) is 52.4 Å². The summed E-state index contributed by atoms with van der Waals surface area (Å²) in [6.45, 7) is -0.397. The quantitative estimate of drug-likeness (QED) is 0.202. The van der Waals surface area contributed by atoms with Crippen LogP contribution in [0.3, 0.4) is 0 Å². The van der Waals surface area contributed by atoms with Crippen molar-refractivity contribution in [2.75, 3.05) is 12.3 Å². The third-order valence-corrected chi connectivity index (χ3v) is 7.30. The summed E-state index contributed by atoms with van der Waals surface area (Å²) in [4.78, 5) is 57.0.